The highest BCUT2D eigenvalue weighted by Gasteiger charge is 2.49. The largest absolute Gasteiger partial charge is 0.507 e. The van der Waals surface area contributed by atoms with Crippen molar-refractivity contribution in [1.29, 1.82) is 0 Å². The first-order valence-corrected chi connectivity index (χ1v) is 6.48. The lowest BCUT2D eigenvalue weighted by Gasteiger charge is -2.21. The van der Waals surface area contributed by atoms with Gasteiger partial charge in [0.05, 0.1) is 0 Å². The summed E-state index contributed by atoms with van der Waals surface area (Å²) >= 11 is 1.66. The number of fused-ring (bicyclic) bond motifs is 1. The van der Waals surface area contributed by atoms with Gasteiger partial charge < -0.3 is 10.8 Å². The molecule has 1 saturated carbocycles. The third-order valence-corrected chi connectivity index (χ3v) is 4.69. The van der Waals surface area contributed by atoms with Gasteiger partial charge in [-0.3, -0.25) is 0 Å². The molecule has 0 bridgehead atoms. The molecule has 1 fully saturated rings. The van der Waals surface area contributed by atoms with Gasteiger partial charge >= 0.3 is 0 Å². The Morgan fingerprint density at radius 2 is 2.12 bits per heavy atom. The summed E-state index contributed by atoms with van der Waals surface area (Å²) in [6.07, 6.45) is 2.18. The molecule has 1 aliphatic carbocycles. The van der Waals surface area contributed by atoms with Crippen molar-refractivity contribution in [3.63, 3.8) is 0 Å². The van der Waals surface area contributed by atoms with Crippen molar-refractivity contribution in [2.75, 3.05) is 0 Å². The van der Waals surface area contributed by atoms with Crippen LogP contribution in [0.2, 0.25) is 0 Å². The van der Waals surface area contributed by atoms with Gasteiger partial charge in [0.1, 0.15) is 5.75 Å². The summed E-state index contributed by atoms with van der Waals surface area (Å²) in [5.41, 5.74) is 7.11. The minimum Gasteiger partial charge on any atom is -0.507 e. The minimum atomic E-state index is 0.0280. The first-order chi connectivity index (χ1) is 7.65. The van der Waals surface area contributed by atoms with Crippen molar-refractivity contribution in [2.24, 2.45) is 5.73 Å². The molecule has 16 heavy (non-hydrogen) atoms. The van der Waals surface area contributed by atoms with Gasteiger partial charge in [0.15, 0.2) is 0 Å². The Kier molecular flexibility index (Phi) is 2.03. The number of benzene rings is 1. The van der Waals surface area contributed by atoms with Gasteiger partial charge in [-0.15, -0.1) is 11.3 Å². The molecule has 0 radical (unpaired) electrons. The lowest BCUT2D eigenvalue weighted by atomic mass is 9.88. The quantitative estimate of drug-likeness (QED) is 0.837. The second kappa shape index (κ2) is 3.22. The zero-order valence-corrected chi connectivity index (χ0v) is 10.1. The molecule has 84 valence electrons. The third kappa shape index (κ3) is 1.22. The highest BCUT2D eigenvalue weighted by molar-refractivity contribution is 7.17. The van der Waals surface area contributed by atoms with Crippen LogP contribution in [-0.2, 0) is 5.41 Å². The summed E-state index contributed by atoms with van der Waals surface area (Å²) in [6.45, 7) is 2.03. The predicted molar refractivity (Wildman–Crippen MR) is 68.1 cm³/mol. The molecule has 1 aliphatic rings. The number of phenols is 1. The van der Waals surface area contributed by atoms with E-state index < -0.39 is 0 Å². The smallest absolute Gasteiger partial charge is 0.128 e. The SMILES string of the molecule is CC(N)C1(c2ccc3sccc3c2O)CC1. The lowest BCUT2D eigenvalue weighted by molar-refractivity contribution is 0.452. The van der Waals surface area contributed by atoms with Crippen LogP contribution in [0.15, 0.2) is 23.6 Å². The molecule has 0 aliphatic heterocycles. The van der Waals surface area contributed by atoms with Gasteiger partial charge in [-0.2, -0.15) is 0 Å². The number of hydrogen-bond donors (Lipinski definition) is 2. The molecule has 2 aromatic rings. The summed E-state index contributed by atoms with van der Waals surface area (Å²) in [6, 6.07) is 6.23. The van der Waals surface area contributed by atoms with Gasteiger partial charge in [0, 0.05) is 27.1 Å². The van der Waals surface area contributed by atoms with Crippen molar-refractivity contribution in [3.8, 4) is 5.75 Å². The lowest BCUT2D eigenvalue weighted by Crippen LogP contribution is -2.31. The maximum atomic E-state index is 10.3. The van der Waals surface area contributed by atoms with Crippen LogP contribution in [0.4, 0.5) is 0 Å². The highest BCUT2D eigenvalue weighted by atomic mass is 32.1. The van der Waals surface area contributed by atoms with E-state index in [1.165, 1.54) is 0 Å². The number of thiophene rings is 1. The van der Waals surface area contributed by atoms with E-state index in [-0.39, 0.29) is 11.5 Å². The van der Waals surface area contributed by atoms with Gasteiger partial charge in [0.2, 0.25) is 0 Å². The van der Waals surface area contributed by atoms with E-state index >= 15 is 0 Å². The third-order valence-electron chi connectivity index (χ3n) is 3.80. The maximum absolute atomic E-state index is 10.3. The fraction of sp³-hybridized carbons (Fsp3) is 0.385. The molecule has 3 heteroatoms. The van der Waals surface area contributed by atoms with E-state index in [2.05, 4.69) is 6.07 Å². The van der Waals surface area contributed by atoms with Crippen LogP contribution < -0.4 is 5.73 Å². The van der Waals surface area contributed by atoms with Gasteiger partial charge in [0.25, 0.3) is 0 Å². The average Bonchev–Trinajstić information content (AvgIpc) is 2.90. The van der Waals surface area contributed by atoms with Crippen molar-refractivity contribution in [1.82, 2.24) is 0 Å². The Bertz CT molecular complexity index is 540. The summed E-state index contributed by atoms with van der Waals surface area (Å²) < 4.78 is 1.14. The van der Waals surface area contributed by atoms with Crippen molar-refractivity contribution in [3.05, 3.63) is 29.1 Å². The summed E-state index contributed by atoms with van der Waals surface area (Å²) in [5, 5.41) is 13.3. The van der Waals surface area contributed by atoms with E-state index in [1.54, 1.807) is 11.3 Å². The Morgan fingerprint density at radius 3 is 2.75 bits per heavy atom. The van der Waals surface area contributed by atoms with Crippen LogP contribution in [0.25, 0.3) is 10.1 Å². The molecule has 0 amide bonds. The van der Waals surface area contributed by atoms with Crippen LogP contribution in [0, 0.1) is 0 Å². The number of aromatic hydroxyl groups is 1. The molecule has 1 aromatic carbocycles. The van der Waals surface area contributed by atoms with Crippen LogP contribution in [0.3, 0.4) is 0 Å². The predicted octanol–water partition coefficient (Wildman–Crippen LogP) is 2.99. The van der Waals surface area contributed by atoms with Crippen molar-refractivity contribution >= 4 is 21.4 Å². The maximum Gasteiger partial charge on any atom is 0.128 e. The van der Waals surface area contributed by atoms with Crippen molar-refractivity contribution in [2.45, 2.75) is 31.2 Å². The monoisotopic (exact) mass is 233 g/mol. The molecule has 0 spiro atoms. The molecule has 3 rings (SSSR count). The average molecular weight is 233 g/mol. The van der Waals surface area contributed by atoms with Crippen LogP contribution in [-0.4, -0.2) is 11.1 Å². The minimum absolute atomic E-state index is 0.0280. The number of nitrogens with two attached hydrogens (primary N) is 1. The Balaban J connectivity index is 2.21. The first kappa shape index (κ1) is 10.1. The topological polar surface area (TPSA) is 46.2 Å². The van der Waals surface area contributed by atoms with Crippen molar-refractivity contribution < 1.29 is 5.11 Å². The summed E-state index contributed by atoms with van der Waals surface area (Å²) in [7, 11) is 0. The second-order valence-corrected chi connectivity index (χ2v) is 5.69. The fourth-order valence-corrected chi connectivity index (χ4v) is 3.32. The van der Waals surface area contributed by atoms with E-state index in [4.69, 9.17) is 5.73 Å². The van der Waals surface area contributed by atoms with Gasteiger partial charge in [-0.1, -0.05) is 6.07 Å². The molecular weight excluding hydrogens is 218 g/mol. The summed E-state index contributed by atoms with van der Waals surface area (Å²) in [4.78, 5) is 0. The molecule has 2 nitrogen and oxygen atoms in total. The number of hydrogen-bond acceptors (Lipinski definition) is 3. The number of rotatable bonds is 2. The van der Waals surface area contributed by atoms with E-state index in [0.717, 1.165) is 28.5 Å². The summed E-state index contributed by atoms with van der Waals surface area (Å²) in [5.74, 6) is 0.438. The molecule has 1 atom stereocenters. The Morgan fingerprint density at radius 1 is 1.38 bits per heavy atom. The molecule has 1 unspecified atom stereocenters. The Labute approximate surface area is 98.7 Å². The molecule has 3 N–H and O–H groups in total. The van der Waals surface area contributed by atoms with Gasteiger partial charge in [-0.25, -0.2) is 0 Å². The molecule has 1 heterocycles. The first-order valence-electron chi connectivity index (χ1n) is 5.60. The standard InChI is InChI=1S/C13H15NOS/c1-8(14)13(5-6-13)10-2-3-11-9(12(10)15)4-7-16-11/h2-4,7-8,15H,5-6,14H2,1H3. The van der Waals surface area contributed by atoms with E-state index in [0.29, 0.717) is 5.75 Å². The van der Waals surface area contributed by atoms with Gasteiger partial charge in [-0.05, 0) is 37.3 Å². The normalized spacial score (nSPS) is 19.9. The zero-order chi connectivity index (χ0) is 11.3. The van der Waals surface area contributed by atoms with E-state index in [1.807, 2.05) is 24.4 Å². The zero-order valence-electron chi connectivity index (χ0n) is 9.23. The number of phenolic OH excluding ortho intramolecular Hbond substituents is 1. The second-order valence-electron chi connectivity index (χ2n) is 4.74. The van der Waals surface area contributed by atoms with Crippen LogP contribution >= 0.6 is 11.3 Å². The van der Waals surface area contributed by atoms with Crippen LogP contribution in [0.1, 0.15) is 25.3 Å². The fourth-order valence-electron chi connectivity index (χ4n) is 2.54. The van der Waals surface area contributed by atoms with E-state index in [9.17, 15) is 5.11 Å². The highest BCUT2D eigenvalue weighted by Crippen LogP contribution is 2.54. The molecule has 1 aromatic heterocycles. The molecular formula is C13H15NOS. The Hall–Kier alpha value is -1.06. The molecule has 0 saturated heterocycles. The van der Waals surface area contributed by atoms with Crippen LogP contribution in [0.5, 0.6) is 5.75 Å².